The van der Waals surface area contributed by atoms with Crippen molar-refractivity contribution >= 4 is 15.5 Å². The molecule has 2 aliphatic rings. The number of nitrogens with one attached hydrogen (secondary N) is 1. The van der Waals surface area contributed by atoms with Gasteiger partial charge in [-0.3, -0.25) is 0 Å². The first-order chi connectivity index (χ1) is 12.0. The molecule has 140 valence electrons. The number of nitrogens with zero attached hydrogens (tertiary/aromatic N) is 1. The molecule has 2 fully saturated rings. The zero-order valence-corrected chi connectivity index (χ0v) is 15.1. The number of alkyl halides is 2. The van der Waals surface area contributed by atoms with Crippen LogP contribution in [0.5, 0.6) is 0 Å². The molecule has 7 heteroatoms. The van der Waals surface area contributed by atoms with Gasteiger partial charge < -0.3 is 10.2 Å². The van der Waals surface area contributed by atoms with Gasteiger partial charge >= 0.3 is 5.76 Å². The lowest BCUT2D eigenvalue weighted by molar-refractivity contribution is 0.189. The summed E-state index contributed by atoms with van der Waals surface area (Å²) in [7, 11) is -4.59. The lowest BCUT2D eigenvalue weighted by Crippen LogP contribution is -2.41. The van der Waals surface area contributed by atoms with Gasteiger partial charge in [0.2, 0.25) is 9.84 Å². The van der Waals surface area contributed by atoms with Gasteiger partial charge in [-0.1, -0.05) is 25.0 Å². The Morgan fingerprint density at radius 3 is 2.36 bits per heavy atom. The minimum absolute atomic E-state index is 0.119. The minimum atomic E-state index is -4.59. The van der Waals surface area contributed by atoms with E-state index < -0.39 is 15.6 Å². The molecule has 0 radical (unpaired) electrons. The number of benzene rings is 1. The Hall–Kier alpha value is -1.21. The Bertz CT molecular complexity index is 667. The Morgan fingerprint density at radius 2 is 1.72 bits per heavy atom. The fraction of sp³-hybridized carbons (Fsp3) is 0.667. The highest BCUT2D eigenvalue weighted by Crippen LogP contribution is 2.29. The minimum Gasteiger partial charge on any atom is -0.381 e. The second-order valence-electron chi connectivity index (χ2n) is 7.17. The molecule has 4 nitrogen and oxygen atoms in total. The maximum atomic E-state index is 12.9. The maximum absolute atomic E-state index is 12.9. The summed E-state index contributed by atoms with van der Waals surface area (Å²) in [4.78, 5) is 2.18. The largest absolute Gasteiger partial charge is 0.381 e. The topological polar surface area (TPSA) is 49.4 Å². The van der Waals surface area contributed by atoms with Crippen molar-refractivity contribution in [2.45, 2.75) is 55.2 Å². The number of rotatable bonds is 6. The van der Waals surface area contributed by atoms with E-state index in [2.05, 4.69) is 10.2 Å². The third kappa shape index (κ3) is 4.50. The van der Waals surface area contributed by atoms with E-state index in [0.29, 0.717) is 0 Å². The Balaban J connectivity index is 1.59. The fourth-order valence-corrected chi connectivity index (χ4v) is 4.86. The maximum Gasteiger partial charge on any atom is 0.341 e. The molecular formula is C18H26F2N2O2S. The third-order valence-corrected chi connectivity index (χ3v) is 6.80. The van der Waals surface area contributed by atoms with Crippen LogP contribution in [0.25, 0.3) is 0 Å². The first kappa shape index (κ1) is 18.6. The van der Waals surface area contributed by atoms with Crippen LogP contribution in [0.15, 0.2) is 29.2 Å². The highest BCUT2D eigenvalue weighted by Gasteiger charge is 2.30. The van der Waals surface area contributed by atoms with E-state index in [0.717, 1.165) is 38.4 Å². The van der Waals surface area contributed by atoms with Crippen LogP contribution in [0.4, 0.5) is 14.5 Å². The first-order valence-electron chi connectivity index (χ1n) is 9.07. The first-order valence-corrected chi connectivity index (χ1v) is 10.6. The van der Waals surface area contributed by atoms with Crippen LogP contribution in [0.2, 0.25) is 0 Å². The number of sulfone groups is 1. The van der Waals surface area contributed by atoms with E-state index in [1.165, 1.54) is 37.8 Å². The van der Waals surface area contributed by atoms with Gasteiger partial charge in [0.25, 0.3) is 0 Å². The van der Waals surface area contributed by atoms with Crippen molar-refractivity contribution < 1.29 is 17.2 Å². The highest BCUT2D eigenvalue weighted by atomic mass is 32.2. The summed E-state index contributed by atoms with van der Waals surface area (Å²) < 4.78 is 49.4. The van der Waals surface area contributed by atoms with E-state index in [-0.39, 0.29) is 16.6 Å². The molecule has 0 atom stereocenters. The van der Waals surface area contributed by atoms with E-state index in [1.54, 1.807) is 12.1 Å². The molecule has 1 aromatic carbocycles. The van der Waals surface area contributed by atoms with Gasteiger partial charge in [-0.25, -0.2) is 8.42 Å². The van der Waals surface area contributed by atoms with E-state index >= 15 is 0 Å². The van der Waals surface area contributed by atoms with Gasteiger partial charge in [-0.2, -0.15) is 8.78 Å². The molecule has 1 saturated heterocycles. The van der Waals surface area contributed by atoms with E-state index in [9.17, 15) is 17.2 Å². The molecule has 0 unspecified atom stereocenters. The van der Waals surface area contributed by atoms with Gasteiger partial charge in [0.05, 0.1) is 10.6 Å². The third-order valence-electron chi connectivity index (χ3n) is 5.37. The molecule has 1 heterocycles. The smallest absolute Gasteiger partial charge is 0.341 e. The van der Waals surface area contributed by atoms with Gasteiger partial charge in [-0.05, 0) is 43.7 Å². The predicted molar refractivity (Wildman–Crippen MR) is 94.7 cm³/mol. The molecule has 0 amide bonds. The molecule has 1 saturated carbocycles. The number of hydrogen-bond acceptors (Lipinski definition) is 4. The second kappa shape index (κ2) is 7.99. The van der Waals surface area contributed by atoms with Crippen molar-refractivity contribution in [1.29, 1.82) is 0 Å². The number of para-hydroxylation sites is 1. The van der Waals surface area contributed by atoms with Gasteiger partial charge in [-0.15, -0.1) is 0 Å². The summed E-state index contributed by atoms with van der Waals surface area (Å²) in [6.45, 7) is 3.10. The molecule has 1 aliphatic heterocycles. The Labute approximate surface area is 148 Å². The van der Waals surface area contributed by atoms with Crippen LogP contribution >= 0.6 is 0 Å². The average molecular weight is 372 g/mol. The van der Waals surface area contributed by atoms with Crippen LogP contribution in [-0.4, -0.2) is 44.8 Å². The lowest BCUT2D eigenvalue weighted by Gasteiger charge is -2.34. The van der Waals surface area contributed by atoms with Crippen LogP contribution < -0.4 is 5.32 Å². The summed E-state index contributed by atoms with van der Waals surface area (Å²) in [6.07, 6.45) is 7.15. The van der Waals surface area contributed by atoms with Crippen LogP contribution in [0.3, 0.4) is 0 Å². The van der Waals surface area contributed by atoms with Crippen molar-refractivity contribution in [3.63, 3.8) is 0 Å². The van der Waals surface area contributed by atoms with Gasteiger partial charge in [0.1, 0.15) is 0 Å². The second-order valence-corrected chi connectivity index (χ2v) is 9.06. The molecule has 0 bridgehead atoms. The van der Waals surface area contributed by atoms with Crippen molar-refractivity contribution in [1.82, 2.24) is 4.90 Å². The van der Waals surface area contributed by atoms with Crippen molar-refractivity contribution in [3.8, 4) is 0 Å². The van der Waals surface area contributed by atoms with Crippen LogP contribution in [-0.2, 0) is 9.84 Å². The number of likely N-dealkylation sites (tertiary alicyclic amines) is 1. The van der Waals surface area contributed by atoms with E-state index in [4.69, 9.17) is 0 Å². The van der Waals surface area contributed by atoms with Crippen molar-refractivity contribution in [2.75, 3.05) is 25.0 Å². The van der Waals surface area contributed by atoms with Gasteiger partial charge in [0, 0.05) is 25.7 Å². The monoisotopic (exact) mass is 372 g/mol. The molecule has 0 aromatic heterocycles. The molecule has 25 heavy (non-hydrogen) atoms. The van der Waals surface area contributed by atoms with E-state index in [1.807, 2.05) is 0 Å². The molecule has 1 aromatic rings. The van der Waals surface area contributed by atoms with Crippen LogP contribution in [0.1, 0.15) is 38.5 Å². The summed E-state index contributed by atoms with van der Waals surface area (Å²) in [5, 5.41) is 3.19. The molecule has 0 spiro atoms. The fourth-order valence-electron chi connectivity index (χ4n) is 3.97. The number of anilines is 1. The summed E-state index contributed by atoms with van der Waals surface area (Å²) >= 11 is 0. The molecule has 1 N–H and O–H groups in total. The summed E-state index contributed by atoms with van der Waals surface area (Å²) in [5.74, 6) is -2.58. The van der Waals surface area contributed by atoms with Crippen LogP contribution in [0, 0.1) is 5.92 Å². The molecule has 1 aliphatic carbocycles. The Kier molecular flexibility index (Phi) is 5.94. The molecule has 3 rings (SSSR count). The lowest BCUT2D eigenvalue weighted by atomic mass is 10.0. The Morgan fingerprint density at radius 1 is 1.08 bits per heavy atom. The van der Waals surface area contributed by atoms with Crippen molar-refractivity contribution in [2.24, 2.45) is 5.92 Å². The predicted octanol–water partition coefficient (Wildman–Crippen LogP) is 3.75. The normalized spacial score (nSPS) is 21.1. The summed E-state index contributed by atoms with van der Waals surface area (Å²) in [6, 6.07) is 6.08. The quantitative estimate of drug-likeness (QED) is 0.826. The summed E-state index contributed by atoms with van der Waals surface area (Å²) in [5.41, 5.74) is 0.289. The molecular weight excluding hydrogens is 346 g/mol. The number of piperidine rings is 1. The highest BCUT2D eigenvalue weighted by molar-refractivity contribution is 7.91. The zero-order chi connectivity index (χ0) is 17.9. The number of hydrogen-bond donors (Lipinski definition) is 1. The standard InChI is InChI=1S/C18H26F2N2O2S/c19-18(20)25(23,24)17-8-4-3-7-16(17)21-15-9-11-22(12-10-15)13-14-5-1-2-6-14/h3-4,7-8,14-15,18,21H,1-2,5-6,9-13H2. The number of halogens is 2. The SMILES string of the molecule is O=S(=O)(c1ccccc1NC1CCN(CC2CCCC2)CC1)C(F)F. The average Bonchev–Trinajstić information content (AvgIpc) is 3.10. The van der Waals surface area contributed by atoms with Gasteiger partial charge in [0.15, 0.2) is 0 Å². The zero-order valence-electron chi connectivity index (χ0n) is 14.3. The van der Waals surface area contributed by atoms with Crippen molar-refractivity contribution in [3.05, 3.63) is 24.3 Å².